The van der Waals surface area contributed by atoms with Crippen molar-refractivity contribution in [1.82, 2.24) is 10.2 Å². The van der Waals surface area contributed by atoms with Crippen molar-refractivity contribution in [1.29, 1.82) is 0 Å². The van der Waals surface area contributed by atoms with Crippen molar-refractivity contribution in [3.05, 3.63) is 29.8 Å². The van der Waals surface area contributed by atoms with Crippen molar-refractivity contribution in [2.45, 2.75) is 31.0 Å². The number of thioether (sulfide) groups is 1. The highest BCUT2D eigenvalue weighted by molar-refractivity contribution is 8.01. The van der Waals surface area contributed by atoms with Gasteiger partial charge in [0, 0.05) is 24.8 Å². The number of carbonyl (C=O) groups is 1. The van der Waals surface area contributed by atoms with E-state index in [0.717, 1.165) is 32.8 Å². The van der Waals surface area contributed by atoms with Crippen LogP contribution >= 0.6 is 23.1 Å². The Morgan fingerprint density at radius 2 is 2.00 bits per heavy atom. The molecule has 1 aromatic heterocycles. The second kappa shape index (κ2) is 10.3. The van der Waals surface area contributed by atoms with Crippen molar-refractivity contribution in [3.63, 3.8) is 0 Å². The predicted molar refractivity (Wildman–Crippen MR) is 112 cm³/mol. The van der Waals surface area contributed by atoms with Crippen LogP contribution in [-0.4, -0.2) is 43.1 Å². The highest BCUT2D eigenvalue weighted by Crippen LogP contribution is 2.27. The van der Waals surface area contributed by atoms with Gasteiger partial charge in [-0.3, -0.25) is 9.10 Å². The number of nitrogens with zero attached hydrogens (tertiary/aromatic N) is 3. The predicted octanol–water partition coefficient (Wildman–Crippen LogP) is 3.75. The Morgan fingerprint density at radius 1 is 1.28 bits per heavy atom. The molecule has 2 aromatic rings. The minimum atomic E-state index is -3.73. The van der Waals surface area contributed by atoms with Crippen LogP contribution in [0.4, 0.5) is 19.6 Å². The van der Waals surface area contributed by atoms with Crippen LogP contribution in [0.5, 0.6) is 0 Å². The Kier molecular flexibility index (Phi) is 8.34. The van der Waals surface area contributed by atoms with E-state index in [1.807, 2.05) is 0 Å². The number of sulfonamides is 1. The van der Waals surface area contributed by atoms with E-state index in [0.29, 0.717) is 11.0 Å². The van der Waals surface area contributed by atoms with Gasteiger partial charge in [-0.2, -0.15) is 0 Å². The molecule has 1 N–H and O–H groups in total. The maximum absolute atomic E-state index is 13.4. The largest absolute Gasteiger partial charge is 0.301 e. The molecule has 1 heterocycles. The fourth-order valence-electron chi connectivity index (χ4n) is 2.25. The molecule has 0 fully saturated rings. The monoisotopic (exact) mass is 464 g/mol. The lowest BCUT2D eigenvalue weighted by Crippen LogP contribution is -2.31. The fraction of sp³-hybridized carbons (Fsp3) is 0.471. The minimum Gasteiger partial charge on any atom is -0.301 e. The van der Waals surface area contributed by atoms with Gasteiger partial charge in [-0.05, 0) is 24.5 Å². The summed E-state index contributed by atoms with van der Waals surface area (Å²) in [5, 5.41) is 10.9. The molecule has 0 unspecified atom stereocenters. The first kappa shape index (κ1) is 23.5. The minimum absolute atomic E-state index is 0.00255. The van der Waals surface area contributed by atoms with Crippen molar-refractivity contribution < 1.29 is 22.0 Å². The highest BCUT2D eigenvalue weighted by Gasteiger charge is 2.19. The second-order valence-electron chi connectivity index (χ2n) is 6.66. The van der Waals surface area contributed by atoms with E-state index in [1.54, 1.807) is 11.8 Å². The number of hydrogen-bond donors (Lipinski definition) is 1. The molecule has 1 aromatic carbocycles. The summed E-state index contributed by atoms with van der Waals surface area (Å²) >= 11 is 2.84. The molecule has 0 spiro atoms. The van der Waals surface area contributed by atoms with Gasteiger partial charge < -0.3 is 5.32 Å². The van der Waals surface area contributed by atoms with Gasteiger partial charge in [0.05, 0.1) is 11.9 Å². The van der Waals surface area contributed by atoms with Gasteiger partial charge in [-0.25, -0.2) is 17.2 Å². The van der Waals surface area contributed by atoms with Gasteiger partial charge in [-0.15, -0.1) is 10.2 Å². The third-order valence-corrected chi connectivity index (χ3v) is 7.14. The second-order valence-corrected chi connectivity index (χ2v) is 10.8. The van der Waals surface area contributed by atoms with E-state index >= 15 is 0 Å². The molecule has 1 amide bonds. The Bertz CT molecular complexity index is 951. The summed E-state index contributed by atoms with van der Waals surface area (Å²) in [6.45, 7) is 4.14. The summed E-state index contributed by atoms with van der Waals surface area (Å²) in [5.41, 5.74) is 0.00255. The molecular formula is C17H22F2N4O3S3. The number of aromatic nitrogens is 2. The number of carbonyl (C=O) groups excluding carboxylic acids is 1. The first-order chi connectivity index (χ1) is 13.6. The van der Waals surface area contributed by atoms with Crippen molar-refractivity contribution in [2.75, 3.05) is 28.2 Å². The zero-order chi connectivity index (χ0) is 21.6. The zero-order valence-corrected chi connectivity index (χ0v) is 18.6. The summed E-state index contributed by atoms with van der Waals surface area (Å²) in [4.78, 5) is 12.1. The van der Waals surface area contributed by atoms with Crippen LogP contribution in [0.1, 0.15) is 26.7 Å². The van der Waals surface area contributed by atoms with E-state index in [1.165, 1.54) is 17.4 Å². The van der Waals surface area contributed by atoms with E-state index in [9.17, 15) is 22.0 Å². The summed E-state index contributed by atoms with van der Waals surface area (Å²) in [5.74, 6) is -1.14. The van der Waals surface area contributed by atoms with E-state index < -0.39 is 21.7 Å². The SMILES string of the molecule is CC(C)CSc1nnc(NC(=O)CCCN(c2ccc(F)c(F)c2)S(C)(=O)=O)s1. The molecule has 0 aliphatic rings. The third kappa shape index (κ3) is 7.52. The molecular weight excluding hydrogens is 442 g/mol. The molecule has 7 nitrogen and oxygen atoms in total. The topological polar surface area (TPSA) is 92.3 Å². The molecule has 0 atom stereocenters. The normalized spacial score (nSPS) is 11.7. The fourth-order valence-corrected chi connectivity index (χ4v) is 4.95. The Morgan fingerprint density at radius 3 is 2.62 bits per heavy atom. The zero-order valence-electron chi connectivity index (χ0n) is 16.2. The van der Waals surface area contributed by atoms with Crippen molar-refractivity contribution >= 4 is 49.8 Å². The molecule has 0 aliphatic carbocycles. The summed E-state index contributed by atoms with van der Waals surface area (Å²) in [6.07, 6.45) is 1.18. The summed E-state index contributed by atoms with van der Waals surface area (Å²) in [7, 11) is -3.73. The van der Waals surface area contributed by atoms with Crippen LogP contribution in [0, 0.1) is 17.6 Å². The lowest BCUT2D eigenvalue weighted by molar-refractivity contribution is -0.116. The number of anilines is 2. The molecule has 0 saturated carbocycles. The van der Waals surface area contributed by atoms with E-state index in [4.69, 9.17) is 0 Å². The van der Waals surface area contributed by atoms with Gasteiger partial charge in [0.1, 0.15) is 0 Å². The number of amides is 1. The van der Waals surface area contributed by atoms with Gasteiger partial charge in [-0.1, -0.05) is 36.9 Å². The van der Waals surface area contributed by atoms with E-state index in [-0.39, 0.29) is 31.0 Å². The Hall–Kier alpha value is -1.79. The quantitative estimate of drug-likeness (QED) is 0.425. The number of hydrogen-bond acceptors (Lipinski definition) is 7. The number of nitrogens with one attached hydrogen (secondary N) is 1. The van der Waals surface area contributed by atoms with Crippen LogP contribution in [0.2, 0.25) is 0 Å². The first-order valence-electron chi connectivity index (χ1n) is 8.75. The van der Waals surface area contributed by atoms with Gasteiger partial charge in [0.15, 0.2) is 16.0 Å². The molecule has 12 heteroatoms. The third-order valence-electron chi connectivity index (χ3n) is 3.55. The van der Waals surface area contributed by atoms with Crippen LogP contribution in [0.25, 0.3) is 0 Å². The Labute approximate surface area is 177 Å². The van der Waals surface area contributed by atoms with Crippen LogP contribution in [-0.2, 0) is 14.8 Å². The van der Waals surface area contributed by atoms with E-state index in [2.05, 4.69) is 29.4 Å². The smallest absolute Gasteiger partial charge is 0.232 e. The number of benzene rings is 1. The standard InChI is InChI=1S/C17H22F2N4O3S3/c1-11(2)10-27-17-22-21-16(28-17)20-15(24)5-4-8-23(29(3,25)26)12-6-7-13(18)14(19)9-12/h6-7,9,11H,4-5,8,10H2,1-3H3,(H,20,21,24). The van der Waals surface area contributed by atoms with Crippen LogP contribution < -0.4 is 9.62 Å². The molecule has 0 bridgehead atoms. The average Bonchev–Trinajstić information content (AvgIpc) is 3.06. The molecule has 29 heavy (non-hydrogen) atoms. The average molecular weight is 465 g/mol. The van der Waals surface area contributed by atoms with Gasteiger partial charge in [0.25, 0.3) is 0 Å². The molecule has 0 aliphatic heterocycles. The lowest BCUT2D eigenvalue weighted by atomic mass is 10.2. The maximum Gasteiger partial charge on any atom is 0.232 e. The molecule has 2 rings (SSSR count). The summed E-state index contributed by atoms with van der Waals surface area (Å²) < 4.78 is 52.2. The van der Waals surface area contributed by atoms with Crippen LogP contribution in [0.3, 0.4) is 0 Å². The molecule has 0 saturated heterocycles. The molecule has 0 radical (unpaired) electrons. The Balaban J connectivity index is 1.90. The van der Waals surface area contributed by atoms with Gasteiger partial charge in [0.2, 0.25) is 21.1 Å². The first-order valence-corrected chi connectivity index (χ1v) is 12.4. The number of rotatable bonds is 10. The molecule has 160 valence electrons. The number of halogens is 2. The maximum atomic E-state index is 13.4. The summed E-state index contributed by atoms with van der Waals surface area (Å²) in [6, 6.07) is 2.85. The van der Waals surface area contributed by atoms with Gasteiger partial charge >= 0.3 is 0 Å². The van der Waals surface area contributed by atoms with Crippen molar-refractivity contribution in [2.24, 2.45) is 5.92 Å². The van der Waals surface area contributed by atoms with Crippen molar-refractivity contribution in [3.8, 4) is 0 Å². The highest BCUT2D eigenvalue weighted by atomic mass is 32.2. The van der Waals surface area contributed by atoms with Crippen LogP contribution in [0.15, 0.2) is 22.5 Å². The lowest BCUT2D eigenvalue weighted by Gasteiger charge is -2.22.